The molecule has 2 heterocycles. The number of aromatic amines is 1. The fourth-order valence-corrected chi connectivity index (χ4v) is 4.64. The highest BCUT2D eigenvalue weighted by molar-refractivity contribution is 5.89. The van der Waals surface area contributed by atoms with Crippen LogP contribution in [-0.4, -0.2) is 58.4 Å². The first-order chi connectivity index (χ1) is 21.0. The molecule has 4 aromatic rings. The Morgan fingerprint density at radius 1 is 1.14 bits per heavy atom. The van der Waals surface area contributed by atoms with Crippen LogP contribution in [0.2, 0.25) is 0 Å². The first kappa shape index (κ1) is 32.1. The Bertz CT molecular complexity index is 1650. The third-order valence-electron chi connectivity index (χ3n) is 6.63. The summed E-state index contributed by atoms with van der Waals surface area (Å²) in [6.07, 6.45) is 4.81. The summed E-state index contributed by atoms with van der Waals surface area (Å²) in [7, 11) is 1.54. The molecule has 0 saturated heterocycles. The van der Waals surface area contributed by atoms with Gasteiger partial charge in [-0.05, 0) is 57.0 Å². The first-order valence-corrected chi connectivity index (χ1v) is 14.4. The number of nitrogens with zero attached hydrogens (tertiary/aromatic N) is 2. The Hall–Kier alpha value is -4.87. The molecule has 2 aromatic heterocycles. The van der Waals surface area contributed by atoms with Gasteiger partial charge in [0.25, 0.3) is 0 Å². The maximum atomic E-state index is 15.3. The normalized spacial score (nSPS) is 12.0. The number of hydrogen-bond donors (Lipinski definition) is 3. The molecule has 0 saturated carbocycles. The summed E-state index contributed by atoms with van der Waals surface area (Å²) in [6.45, 7) is 7.77. The Morgan fingerprint density at radius 2 is 1.89 bits per heavy atom. The largest absolute Gasteiger partial charge is 0.497 e. The molecular formula is C32H38FN5O6. The summed E-state index contributed by atoms with van der Waals surface area (Å²) in [6, 6.07) is 8.65. The van der Waals surface area contributed by atoms with Crippen molar-refractivity contribution >= 4 is 22.9 Å². The number of imidazole rings is 1. The predicted molar refractivity (Wildman–Crippen MR) is 164 cm³/mol. The number of carbonyl (C=O) groups excluding carboxylic acids is 2. The van der Waals surface area contributed by atoms with Gasteiger partial charge >= 0.3 is 6.09 Å². The molecule has 2 aromatic carbocycles. The Kier molecular flexibility index (Phi) is 10.2. The minimum Gasteiger partial charge on any atom is -0.497 e. The molecule has 12 heteroatoms. The van der Waals surface area contributed by atoms with E-state index in [4.69, 9.17) is 14.2 Å². The number of fused-ring (bicyclic) bond motifs is 1. The van der Waals surface area contributed by atoms with Gasteiger partial charge in [-0.2, -0.15) is 0 Å². The molecule has 0 aliphatic heterocycles. The summed E-state index contributed by atoms with van der Waals surface area (Å²) >= 11 is 0. The van der Waals surface area contributed by atoms with Gasteiger partial charge in [-0.25, -0.2) is 14.2 Å². The number of nitrogens with one attached hydrogen (secondary N) is 3. The number of carbonyl (C=O) groups is 2. The molecule has 234 valence electrons. The van der Waals surface area contributed by atoms with Crippen LogP contribution in [0, 0.1) is 5.82 Å². The van der Waals surface area contributed by atoms with Crippen LogP contribution in [0.1, 0.15) is 39.8 Å². The molecule has 0 spiro atoms. The van der Waals surface area contributed by atoms with Gasteiger partial charge in [0.15, 0.2) is 5.43 Å². The molecule has 0 radical (unpaired) electrons. The fourth-order valence-electron chi connectivity index (χ4n) is 4.64. The molecule has 0 fully saturated rings. The topological polar surface area (TPSA) is 137 Å². The van der Waals surface area contributed by atoms with E-state index in [2.05, 4.69) is 20.6 Å². The van der Waals surface area contributed by atoms with E-state index in [1.54, 1.807) is 69.1 Å². The second-order valence-corrected chi connectivity index (χ2v) is 11.2. The van der Waals surface area contributed by atoms with Gasteiger partial charge in [0, 0.05) is 43.2 Å². The lowest BCUT2D eigenvalue weighted by molar-refractivity contribution is -0.123. The second kappa shape index (κ2) is 14.1. The van der Waals surface area contributed by atoms with E-state index in [9.17, 15) is 14.4 Å². The van der Waals surface area contributed by atoms with Crippen molar-refractivity contribution in [1.82, 2.24) is 25.2 Å². The molecule has 0 bridgehead atoms. The van der Waals surface area contributed by atoms with Crippen LogP contribution >= 0.6 is 0 Å². The van der Waals surface area contributed by atoms with E-state index < -0.39 is 34.9 Å². The lowest BCUT2D eigenvalue weighted by Gasteiger charge is -2.23. The molecule has 11 nitrogen and oxygen atoms in total. The van der Waals surface area contributed by atoms with Crippen LogP contribution in [0.5, 0.6) is 11.5 Å². The van der Waals surface area contributed by atoms with Crippen molar-refractivity contribution in [2.75, 3.05) is 20.3 Å². The highest BCUT2D eigenvalue weighted by Crippen LogP contribution is 2.30. The summed E-state index contributed by atoms with van der Waals surface area (Å²) < 4.78 is 33.5. The summed E-state index contributed by atoms with van der Waals surface area (Å²) in [5.74, 6) is -0.164. The monoisotopic (exact) mass is 607 g/mol. The van der Waals surface area contributed by atoms with Crippen LogP contribution in [0.25, 0.3) is 22.0 Å². The minimum absolute atomic E-state index is 0.0953. The Balaban J connectivity index is 1.65. The molecule has 4 rings (SSSR count). The number of amides is 2. The summed E-state index contributed by atoms with van der Waals surface area (Å²) in [4.78, 5) is 46.4. The lowest BCUT2D eigenvalue weighted by Crippen LogP contribution is -2.49. The zero-order chi connectivity index (χ0) is 31.9. The standard InChI is InChI=1S/C32H38FN5O6/c1-6-15-43-26-12-11-24(33)27-28(26)38(18-23(29(27)39)20-7-9-22(42-5)10-8-20)14-13-35-30(40)25(16-21-17-34-19-36-21)37-31(41)44-32(2,3)4/h7-12,17-19,25H,6,13-16H2,1-5H3,(H,34,36)(H,35,40)(H,37,41). The minimum atomic E-state index is -0.966. The van der Waals surface area contributed by atoms with Gasteiger partial charge < -0.3 is 34.4 Å². The van der Waals surface area contributed by atoms with E-state index >= 15 is 4.39 Å². The van der Waals surface area contributed by atoms with Crippen LogP contribution in [0.4, 0.5) is 9.18 Å². The van der Waals surface area contributed by atoms with Crippen molar-refractivity contribution in [1.29, 1.82) is 0 Å². The summed E-state index contributed by atoms with van der Waals surface area (Å²) in [5, 5.41) is 5.37. The van der Waals surface area contributed by atoms with Crippen LogP contribution < -0.4 is 25.5 Å². The van der Waals surface area contributed by atoms with Gasteiger partial charge in [-0.3, -0.25) is 9.59 Å². The number of halogens is 1. The average Bonchev–Trinajstić information content (AvgIpc) is 3.49. The van der Waals surface area contributed by atoms with Crippen LogP contribution in [0.3, 0.4) is 0 Å². The number of methoxy groups -OCH3 is 1. The molecular weight excluding hydrogens is 569 g/mol. The number of pyridine rings is 1. The van der Waals surface area contributed by atoms with Gasteiger partial charge in [0.2, 0.25) is 5.91 Å². The van der Waals surface area contributed by atoms with E-state index in [1.807, 2.05) is 6.92 Å². The molecule has 0 aliphatic carbocycles. The quantitative estimate of drug-likeness (QED) is 0.214. The van der Waals surface area contributed by atoms with Crippen LogP contribution in [-0.2, 0) is 22.5 Å². The van der Waals surface area contributed by atoms with E-state index in [0.29, 0.717) is 35.8 Å². The number of benzene rings is 2. The number of rotatable bonds is 12. The fraction of sp³-hybridized carbons (Fsp3) is 0.375. The maximum Gasteiger partial charge on any atom is 0.408 e. The number of H-pyrrole nitrogens is 1. The molecule has 2 amide bonds. The zero-order valence-electron chi connectivity index (χ0n) is 25.5. The van der Waals surface area contributed by atoms with Crippen molar-refractivity contribution in [3.05, 3.63) is 76.9 Å². The highest BCUT2D eigenvalue weighted by atomic mass is 19.1. The van der Waals surface area contributed by atoms with Gasteiger partial charge in [0.05, 0.1) is 30.9 Å². The van der Waals surface area contributed by atoms with Gasteiger partial charge in [-0.15, -0.1) is 0 Å². The predicted octanol–water partition coefficient (Wildman–Crippen LogP) is 4.58. The average molecular weight is 608 g/mol. The molecule has 1 atom stereocenters. The van der Waals surface area contributed by atoms with Crippen molar-refractivity contribution < 1.29 is 28.2 Å². The van der Waals surface area contributed by atoms with Crippen molar-refractivity contribution in [2.45, 2.75) is 58.7 Å². The SMILES string of the molecule is CCCOc1ccc(F)c2c(=O)c(-c3ccc(OC)cc3)cn(CCNC(=O)C(Cc3cnc[nH]3)NC(=O)OC(C)(C)C)c12. The molecule has 1 unspecified atom stereocenters. The van der Waals surface area contributed by atoms with Gasteiger partial charge in [0.1, 0.15) is 29.0 Å². The van der Waals surface area contributed by atoms with Crippen molar-refractivity contribution in [2.24, 2.45) is 0 Å². The van der Waals surface area contributed by atoms with Crippen molar-refractivity contribution in [3.63, 3.8) is 0 Å². The molecule has 0 aliphatic rings. The highest BCUT2D eigenvalue weighted by Gasteiger charge is 2.25. The number of ether oxygens (including phenoxy) is 3. The Labute approximate surface area is 254 Å². The first-order valence-electron chi connectivity index (χ1n) is 14.4. The number of hydrogen-bond acceptors (Lipinski definition) is 7. The Morgan fingerprint density at radius 3 is 2.52 bits per heavy atom. The zero-order valence-corrected chi connectivity index (χ0v) is 25.5. The van der Waals surface area contributed by atoms with E-state index in [-0.39, 0.29) is 36.0 Å². The second-order valence-electron chi connectivity index (χ2n) is 11.2. The number of alkyl carbamates (subject to hydrolysis) is 1. The van der Waals surface area contributed by atoms with E-state index in [0.717, 1.165) is 0 Å². The summed E-state index contributed by atoms with van der Waals surface area (Å²) in [5.41, 5.74) is 0.559. The van der Waals surface area contributed by atoms with E-state index in [1.165, 1.54) is 18.5 Å². The van der Waals surface area contributed by atoms with Gasteiger partial charge in [-0.1, -0.05) is 19.1 Å². The smallest absolute Gasteiger partial charge is 0.408 e. The lowest BCUT2D eigenvalue weighted by atomic mass is 10.0. The van der Waals surface area contributed by atoms with Crippen molar-refractivity contribution in [3.8, 4) is 22.6 Å². The molecule has 44 heavy (non-hydrogen) atoms. The van der Waals surface area contributed by atoms with Crippen LogP contribution in [0.15, 0.2) is 59.9 Å². The maximum absolute atomic E-state index is 15.3. The number of aromatic nitrogens is 3. The third kappa shape index (κ3) is 7.94. The molecule has 3 N–H and O–H groups in total. The third-order valence-corrected chi connectivity index (χ3v) is 6.63.